The van der Waals surface area contributed by atoms with Crippen molar-refractivity contribution in [2.24, 2.45) is 0 Å². The van der Waals surface area contributed by atoms with Crippen molar-refractivity contribution in [1.29, 1.82) is 0 Å². The van der Waals surface area contributed by atoms with Crippen LogP contribution in [-0.4, -0.2) is 44.3 Å². The largest absolute Gasteiger partial charge is 0.355 e. The Bertz CT molecular complexity index is 1390. The number of sulfonamides is 1. The molecule has 0 aliphatic heterocycles. The first-order valence-corrected chi connectivity index (χ1v) is 14.1. The third-order valence-electron chi connectivity index (χ3n) is 5.81. The van der Waals surface area contributed by atoms with Crippen molar-refractivity contribution in [3.8, 4) is 0 Å². The lowest BCUT2D eigenvalue weighted by Gasteiger charge is -2.33. The third-order valence-corrected chi connectivity index (χ3v) is 8.32. The van der Waals surface area contributed by atoms with Crippen molar-refractivity contribution < 1.29 is 22.4 Å². The summed E-state index contributed by atoms with van der Waals surface area (Å²) in [5, 5.41) is 3.31. The van der Waals surface area contributed by atoms with E-state index in [9.17, 15) is 22.4 Å². The molecule has 0 aliphatic carbocycles. The normalized spacial score (nSPS) is 12.0. The number of amides is 2. The first-order valence-electron chi connectivity index (χ1n) is 11.9. The number of hydrogen-bond acceptors (Lipinski definition) is 4. The minimum atomic E-state index is -4.35. The van der Waals surface area contributed by atoms with Gasteiger partial charge in [-0.2, -0.15) is 0 Å². The van der Waals surface area contributed by atoms with Crippen molar-refractivity contribution in [3.05, 3.63) is 94.2 Å². The van der Waals surface area contributed by atoms with Gasteiger partial charge in [0, 0.05) is 13.1 Å². The standard InChI is InChI=1S/C27H28Cl2FN3O4S/c1-3-24(27(35)31-4-2)32(17-19-14-15-21(28)22(29)16-19)26(34)18-33(25-13-9-8-12-23(25)30)38(36,37)20-10-6-5-7-11-20/h5-16,24H,3-4,17-18H2,1-2H3,(H,31,35)/t24-/m0/s1. The number of para-hydroxylation sites is 1. The average molecular weight is 581 g/mol. The molecule has 0 aromatic heterocycles. The molecule has 0 heterocycles. The number of anilines is 1. The number of benzene rings is 3. The Hall–Kier alpha value is -3.14. The lowest BCUT2D eigenvalue weighted by molar-refractivity contribution is -0.140. The Balaban J connectivity index is 2.07. The number of carbonyl (C=O) groups excluding carboxylic acids is 2. The Morgan fingerprint density at radius 1 is 0.947 bits per heavy atom. The highest BCUT2D eigenvalue weighted by Gasteiger charge is 2.34. The fourth-order valence-corrected chi connectivity index (χ4v) is 5.70. The zero-order valence-corrected chi connectivity index (χ0v) is 23.2. The fraction of sp³-hybridized carbons (Fsp3) is 0.259. The molecule has 202 valence electrons. The fourth-order valence-electron chi connectivity index (χ4n) is 3.93. The molecule has 3 aromatic rings. The molecule has 3 aromatic carbocycles. The molecule has 0 fully saturated rings. The highest BCUT2D eigenvalue weighted by Crippen LogP contribution is 2.28. The van der Waals surface area contributed by atoms with Crippen LogP contribution >= 0.6 is 23.2 Å². The first-order chi connectivity index (χ1) is 18.1. The van der Waals surface area contributed by atoms with Crippen LogP contribution in [0.3, 0.4) is 0 Å². The van der Waals surface area contributed by atoms with Gasteiger partial charge in [0.1, 0.15) is 18.4 Å². The van der Waals surface area contributed by atoms with E-state index in [2.05, 4.69) is 5.32 Å². The summed E-state index contributed by atoms with van der Waals surface area (Å²) >= 11 is 12.2. The van der Waals surface area contributed by atoms with Gasteiger partial charge in [0.2, 0.25) is 11.8 Å². The quantitative estimate of drug-likeness (QED) is 0.335. The van der Waals surface area contributed by atoms with Gasteiger partial charge < -0.3 is 10.2 Å². The van der Waals surface area contributed by atoms with Gasteiger partial charge in [-0.1, -0.05) is 66.5 Å². The molecule has 3 rings (SSSR count). The SMILES string of the molecule is CCNC(=O)[C@H](CC)N(Cc1ccc(Cl)c(Cl)c1)C(=O)CN(c1ccccc1F)S(=O)(=O)c1ccccc1. The molecular weight excluding hydrogens is 552 g/mol. The third kappa shape index (κ3) is 6.83. The molecule has 0 spiro atoms. The van der Waals surface area contributed by atoms with E-state index < -0.39 is 40.2 Å². The topological polar surface area (TPSA) is 86.8 Å². The van der Waals surface area contributed by atoms with Gasteiger partial charge >= 0.3 is 0 Å². The van der Waals surface area contributed by atoms with E-state index >= 15 is 0 Å². The summed E-state index contributed by atoms with van der Waals surface area (Å²) in [6.07, 6.45) is 0.254. The van der Waals surface area contributed by atoms with Gasteiger partial charge in [0.15, 0.2) is 0 Å². The molecule has 38 heavy (non-hydrogen) atoms. The highest BCUT2D eigenvalue weighted by molar-refractivity contribution is 7.92. The monoisotopic (exact) mass is 579 g/mol. The van der Waals surface area contributed by atoms with Gasteiger partial charge in [-0.15, -0.1) is 0 Å². The van der Waals surface area contributed by atoms with Crippen molar-refractivity contribution >= 4 is 50.7 Å². The van der Waals surface area contributed by atoms with Crippen LogP contribution in [0.15, 0.2) is 77.7 Å². The van der Waals surface area contributed by atoms with Gasteiger partial charge in [-0.05, 0) is 55.3 Å². The molecular formula is C27H28Cl2FN3O4S. The van der Waals surface area contributed by atoms with Crippen LogP contribution in [0.25, 0.3) is 0 Å². The summed E-state index contributed by atoms with van der Waals surface area (Å²) in [4.78, 5) is 27.9. The summed E-state index contributed by atoms with van der Waals surface area (Å²) in [7, 11) is -4.35. The van der Waals surface area contributed by atoms with E-state index in [0.717, 1.165) is 10.4 Å². The van der Waals surface area contributed by atoms with Crippen LogP contribution in [0.2, 0.25) is 10.0 Å². The smallest absolute Gasteiger partial charge is 0.264 e. The lowest BCUT2D eigenvalue weighted by Crippen LogP contribution is -2.52. The van der Waals surface area contributed by atoms with Crippen molar-refractivity contribution in [2.45, 2.75) is 37.8 Å². The Morgan fingerprint density at radius 3 is 2.21 bits per heavy atom. The number of rotatable bonds is 11. The number of hydrogen-bond donors (Lipinski definition) is 1. The molecule has 1 N–H and O–H groups in total. The number of nitrogens with one attached hydrogen (secondary N) is 1. The highest BCUT2D eigenvalue weighted by atomic mass is 35.5. The number of halogens is 3. The number of carbonyl (C=O) groups is 2. The maximum absolute atomic E-state index is 14.9. The zero-order chi connectivity index (χ0) is 27.9. The molecule has 0 unspecified atom stereocenters. The molecule has 7 nitrogen and oxygen atoms in total. The van der Waals surface area contributed by atoms with E-state index in [0.29, 0.717) is 17.1 Å². The molecule has 2 amide bonds. The van der Waals surface area contributed by atoms with Gasteiger partial charge in [0.05, 0.1) is 20.6 Å². The van der Waals surface area contributed by atoms with Crippen molar-refractivity contribution in [3.63, 3.8) is 0 Å². The van der Waals surface area contributed by atoms with Crippen LogP contribution in [0.4, 0.5) is 10.1 Å². The van der Waals surface area contributed by atoms with E-state index in [1.807, 2.05) is 0 Å². The second-order valence-corrected chi connectivity index (χ2v) is 11.0. The molecule has 11 heteroatoms. The van der Waals surface area contributed by atoms with Gasteiger partial charge in [-0.25, -0.2) is 12.8 Å². The van der Waals surface area contributed by atoms with Crippen LogP contribution in [0.1, 0.15) is 25.8 Å². The second-order valence-electron chi connectivity index (χ2n) is 8.36. The van der Waals surface area contributed by atoms with E-state index in [1.54, 1.807) is 38.1 Å². The number of likely N-dealkylation sites (N-methyl/N-ethyl adjacent to an activating group) is 1. The van der Waals surface area contributed by atoms with E-state index in [1.165, 1.54) is 47.4 Å². The number of nitrogens with zero attached hydrogens (tertiary/aromatic N) is 2. The van der Waals surface area contributed by atoms with Gasteiger partial charge in [0.25, 0.3) is 10.0 Å². The Kier molecular flexibility index (Phi) is 10.1. The predicted octanol–water partition coefficient (Wildman–Crippen LogP) is 5.27. The van der Waals surface area contributed by atoms with Crippen molar-refractivity contribution in [1.82, 2.24) is 10.2 Å². The Morgan fingerprint density at radius 2 is 1.61 bits per heavy atom. The first kappa shape index (κ1) is 29.4. The predicted molar refractivity (Wildman–Crippen MR) is 147 cm³/mol. The van der Waals surface area contributed by atoms with Crippen LogP contribution in [0.5, 0.6) is 0 Å². The minimum absolute atomic E-state index is 0.0537. The van der Waals surface area contributed by atoms with E-state index in [4.69, 9.17) is 23.2 Å². The maximum Gasteiger partial charge on any atom is 0.264 e. The van der Waals surface area contributed by atoms with E-state index in [-0.39, 0.29) is 28.6 Å². The summed E-state index contributed by atoms with van der Waals surface area (Å²) in [6, 6.07) is 16.6. The van der Waals surface area contributed by atoms with Crippen LogP contribution in [0, 0.1) is 5.82 Å². The molecule has 0 saturated carbocycles. The maximum atomic E-state index is 14.9. The van der Waals surface area contributed by atoms with Crippen molar-refractivity contribution in [2.75, 3.05) is 17.4 Å². The molecule has 0 radical (unpaired) electrons. The van der Waals surface area contributed by atoms with Gasteiger partial charge in [-0.3, -0.25) is 13.9 Å². The average Bonchev–Trinajstić information content (AvgIpc) is 2.90. The molecule has 0 saturated heterocycles. The molecule has 1 atom stereocenters. The lowest BCUT2D eigenvalue weighted by atomic mass is 10.1. The zero-order valence-electron chi connectivity index (χ0n) is 20.9. The summed E-state index contributed by atoms with van der Waals surface area (Å²) in [6.45, 7) is 3.04. The van der Waals surface area contributed by atoms with Crippen LogP contribution < -0.4 is 9.62 Å². The summed E-state index contributed by atoms with van der Waals surface area (Å²) < 4.78 is 42.9. The van der Waals surface area contributed by atoms with Crippen LogP contribution in [-0.2, 0) is 26.2 Å². The summed E-state index contributed by atoms with van der Waals surface area (Å²) in [5.74, 6) is -1.91. The minimum Gasteiger partial charge on any atom is -0.355 e. The molecule has 0 aliphatic rings. The summed E-state index contributed by atoms with van der Waals surface area (Å²) in [5.41, 5.74) is 0.295. The molecule has 0 bridgehead atoms. The second kappa shape index (κ2) is 13.1. The Labute approximate surface area is 232 Å².